The fourth-order valence-corrected chi connectivity index (χ4v) is 2.13. The Morgan fingerprint density at radius 3 is 3.12 bits per heavy atom. The largest absolute Gasteiger partial charge is 0.481 e. The molecule has 0 radical (unpaired) electrons. The molecule has 0 saturated carbocycles. The Labute approximate surface area is 94.5 Å². The molecule has 1 aliphatic rings. The maximum Gasteiger partial charge on any atom is 0.309 e. The number of aliphatic carboxylic acids is 1. The fourth-order valence-electron chi connectivity index (χ4n) is 2.13. The molecule has 2 rings (SSSR count). The zero-order valence-electron chi connectivity index (χ0n) is 9.49. The van der Waals surface area contributed by atoms with E-state index in [0.717, 1.165) is 49.7 Å². The van der Waals surface area contributed by atoms with Gasteiger partial charge in [0.1, 0.15) is 0 Å². The van der Waals surface area contributed by atoms with Gasteiger partial charge in [0.15, 0.2) is 0 Å². The average molecular weight is 223 g/mol. The summed E-state index contributed by atoms with van der Waals surface area (Å²) in [5.41, 5.74) is 1.81. The van der Waals surface area contributed by atoms with E-state index >= 15 is 0 Å². The number of carboxylic acids is 1. The summed E-state index contributed by atoms with van der Waals surface area (Å²) in [6, 6.07) is 0. The summed E-state index contributed by atoms with van der Waals surface area (Å²) in [7, 11) is 0. The smallest absolute Gasteiger partial charge is 0.309 e. The van der Waals surface area contributed by atoms with Crippen LogP contribution in [0.1, 0.15) is 31.2 Å². The highest BCUT2D eigenvalue weighted by molar-refractivity contribution is 5.70. The number of nitrogens with one attached hydrogen (secondary N) is 1. The lowest BCUT2D eigenvalue weighted by Crippen LogP contribution is -2.19. The molecule has 5 heteroatoms. The first-order valence-electron chi connectivity index (χ1n) is 5.76. The molecule has 0 amide bonds. The molecular weight excluding hydrogens is 206 g/mol. The van der Waals surface area contributed by atoms with Gasteiger partial charge in [0, 0.05) is 13.1 Å². The second-order valence-electron chi connectivity index (χ2n) is 4.08. The van der Waals surface area contributed by atoms with E-state index in [1.165, 1.54) is 0 Å². The van der Waals surface area contributed by atoms with Crippen LogP contribution >= 0.6 is 0 Å². The van der Waals surface area contributed by atoms with Gasteiger partial charge in [-0.3, -0.25) is 4.79 Å². The van der Waals surface area contributed by atoms with Crippen molar-refractivity contribution in [3.63, 3.8) is 0 Å². The van der Waals surface area contributed by atoms with E-state index in [9.17, 15) is 4.79 Å². The maximum absolute atomic E-state index is 10.8. The molecule has 0 bridgehead atoms. The molecular formula is C11H17N3O2. The molecule has 0 saturated heterocycles. The van der Waals surface area contributed by atoms with E-state index in [4.69, 9.17) is 5.11 Å². The SMILES string of the molecule is CCCc1nc2n(c1CC(=O)O)CCCN2. The van der Waals surface area contributed by atoms with E-state index in [-0.39, 0.29) is 6.42 Å². The Hall–Kier alpha value is -1.52. The van der Waals surface area contributed by atoms with Gasteiger partial charge in [-0.15, -0.1) is 0 Å². The summed E-state index contributed by atoms with van der Waals surface area (Å²) in [5, 5.41) is 12.1. The number of nitrogens with zero attached hydrogens (tertiary/aromatic N) is 2. The lowest BCUT2D eigenvalue weighted by molar-refractivity contribution is -0.136. The van der Waals surface area contributed by atoms with Gasteiger partial charge in [-0.05, 0) is 12.8 Å². The number of carbonyl (C=O) groups is 1. The first-order chi connectivity index (χ1) is 7.72. The minimum absolute atomic E-state index is 0.0734. The number of hydrogen-bond donors (Lipinski definition) is 2. The first-order valence-corrected chi connectivity index (χ1v) is 5.76. The van der Waals surface area contributed by atoms with E-state index < -0.39 is 5.97 Å². The number of rotatable bonds is 4. The van der Waals surface area contributed by atoms with Crippen molar-refractivity contribution in [2.75, 3.05) is 11.9 Å². The van der Waals surface area contributed by atoms with E-state index in [1.807, 2.05) is 4.57 Å². The van der Waals surface area contributed by atoms with E-state index in [2.05, 4.69) is 17.2 Å². The van der Waals surface area contributed by atoms with Crippen molar-refractivity contribution < 1.29 is 9.90 Å². The molecule has 5 nitrogen and oxygen atoms in total. The molecule has 1 aliphatic heterocycles. The van der Waals surface area contributed by atoms with Crippen LogP contribution in [0.5, 0.6) is 0 Å². The summed E-state index contributed by atoms with van der Waals surface area (Å²) in [4.78, 5) is 15.3. The Morgan fingerprint density at radius 2 is 2.44 bits per heavy atom. The highest BCUT2D eigenvalue weighted by Gasteiger charge is 2.20. The molecule has 0 atom stereocenters. The predicted molar refractivity (Wildman–Crippen MR) is 60.7 cm³/mol. The third kappa shape index (κ3) is 2.03. The molecule has 16 heavy (non-hydrogen) atoms. The van der Waals surface area contributed by atoms with Crippen molar-refractivity contribution >= 4 is 11.9 Å². The molecule has 0 aliphatic carbocycles. The van der Waals surface area contributed by atoms with Gasteiger partial charge in [-0.2, -0.15) is 0 Å². The number of carboxylic acid groups (broad SMARTS) is 1. The summed E-state index contributed by atoms with van der Waals surface area (Å²) in [6.07, 6.45) is 2.94. The van der Waals surface area contributed by atoms with Crippen LogP contribution < -0.4 is 5.32 Å². The molecule has 0 spiro atoms. The zero-order chi connectivity index (χ0) is 11.5. The molecule has 88 valence electrons. The van der Waals surface area contributed by atoms with Gasteiger partial charge in [-0.1, -0.05) is 13.3 Å². The van der Waals surface area contributed by atoms with E-state index in [0.29, 0.717) is 0 Å². The Balaban J connectivity index is 2.35. The quantitative estimate of drug-likeness (QED) is 0.806. The predicted octanol–water partition coefficient (Wildman–Crippen LogP) is 1.28. The number of imidazole rings is 1. The van der Waals surface area contributed by atoms with Crippen LogP contribution in [0.2, 0.25) is 0 Å². The Kier molecular flexibility index (Phi) is 3.12. The van der Waals surface area contributed by atoms with Crippen LogP contribution in [-0.2, 0) is 24.2 Å². The van der Waals surface area contributed by atoms with Gasteiger partial charge in [0.25, 0.3) is 0 Å². The second-order valence-corrected chi connectivity index (χ2v) is 4.08. The van der Waals surface area contributed by atoms with Crippen LogP contribution in [0, 0.1) is 0 Å². The third-order valence-electron chi connectivity index (χ3n) is 2.80. The molecule has 0 aromatic carbocycles. The van der Waals surface area contributed by atoms with Gasteiger partial charge < -0.3 is 15.0 Å². The zero-order valence-corrected chi connectivity index (χ0v) is 9.49. The van der Waals surface area contributed by atoms with Crippen molar-refractivity contribution in [3.8, 4) is 0 Å². The van der Waals surface area contributed by atoms with Gasteiger partial charge >= 0.3 is 5.97 Å². The van der Waals surface area contributed by atoms with Gasteiger partial charge in [-0.25, -0.2) is 4.98 Å². The van der Waals surface area contributed by atoms with Crippen molar-refractivity contribution in [2.45, 2.75) is 39.2 Å². The van der Waals surface area contributed by atoms with Crippen LogP contribution in [0.15, 0.2) is 0 Å². The number of aromatic nitrogens is 2. The monoisotopic (exact) mass is 223 g/mol. The van der Waals surface area contributed by atoms with Crippen LogP contribution in [-0.4, -0.2) is 27.2 Å². The van der Waals surface area contributed by atoms with Crippen molar-refractivity contribution in [1.82, 2.24) is 9.55 Å². The standard InChI is InChI=1S/C11H17N3O2/c1-2-4-8-9(7-10(15)16)14-6-3-5-12-11(14)13-8/h2-7H2,1H3,(H,12,13)(H,15,16). The first kappa shape index (κ1) is 11.0. The molecule has 0 fully saturated rings. The number of aryl methyl sites for hydroxylation is 1. The summed E-state index contributed by atoms with van der Waals surface area (Å²) in [6.45, 7) is 3.88. The number of hydrogen-bond acceptors (Lipinski definition) is 3. The van der Waals surface area contributed by atoms with E-state index in [1.54, 1.807) is 0 Å². The normalized spacial score (nSPS) is 14.3. The van der Waals surface area contributed by atoms with Gasteiger partial charge in [0.05, 0.1) is 17.8 Å². The fraction of sp³-hybridized carbons (Fsp3) is 0.636. The lowest BCUT2D eigenvalue weighted by Gasteiger charge is -2.17. The highest BCUT2D eigenvalue weighted by atomic mass is 16.4. The minimum atomic E-state index is -0.786. The van der Waals surface area contributed by atoms with Crippen LogP contribution in [0.25, 0.3) is 0 Å². The highest BCUT2D eigenvalue weighted by Crippen LogP contribution is 2.21. The van der Waals surface area contributed by atoms with Gasteiger partial charge in [0.2, 0.25) is 5.95 Å². The molecule has 2 N–H and O–H groups in total. The van der Waals surface area contributed by atoms with Crippen molar-refractivity contribution in [1.29, 1.82) is 0 Å². The molecule has 0 unspecified atom stereocenters. The van der Waals surface area contributed by atoms with Crippen LogP contribution in [0.3, 0.4) is 0 Å². The third-order valence-corrected chi connectivity index (χ3v) is 2.80. The summed E-state index contributed by atoms with van der Waals surface area (Å²) >= 11 is 0. The summed E-state index contributed by atoms with van der Waals surface area (Å²) in [5.74, 6) is 0.0524. The summed E-state index contributed by atoms with van der Waals surface area (Å²) < 4.78 is 2.02. The van der Waals surface area contributed by atoms with Crippen molar-refractivity contribution in [2.24, 2.45) is 0 Å². The number of anilines is 1. The minimum Gasteiger partial charge on any atom is -0.481 e. The lowest BCUT2D eigenvalue weighted by atomic mass is 10.1. The topological polar surface area (TPSA) is 67.2 Å². The molecule has 2 heterocycles. The maximum atomic E-state index is 10.8. The van der Waals surface area contributed by atoms with Crippen LogP contribution in [0.4, 0.5) is 5.95 Å². The average Bonchev–Trinajstić information content (AvgIpc) is 2.57. The second kappa shape index (κ2) is 4.55. The molecule has 1 aromatic heterocycles. The Morgan fingerprint density at radius 1 is 1.62 bits per heavy atom. The van der Waals surface area contributed by atoms with Crippen molar-refractivity contribution in [3.05, 3.63) is 11.4 Å². The number of fused-ring (bicyclic) bond motifs is 1. The Bertz CT molecular complexity index is 398. The molecule has 1 aromatic rings.